The summed E-state index contributed by atoms with van der Waals surface area (Å²) in [5, 5.41) is 4.15. The average Bonchev–Trinajstić information content (AvgIpc) is 2.86. The molecule has 0 saturated carbocycles. The van der Waals surface area contributed by atoms with Crippen LogP contribution in [0.1, 0.15) is 24.9 Å². The van der Waals surface area contributed by atoms with Gasteiger partial charge in [-0.25, -0.2) is 9.67 Å². The van der Waals surface area contributed by atoms with E-state index >= 15 is 0 Å². The van der Waals surface area contributed by atoms with Gasteiger partial charge in [-0.15, -0.1) is 0 Å². The molecule has 2 aromatic rings. The lowest BCUT2D eigenvalue weighted by atomic mass is 10.3. The van der Waals surface area contributed by atoms with Gasteiger partial charge in [-0.1, -0.05) is 6.92 Å². The normalized spacial score (nSPS) is 10.6. The molecule has 0 unspecified atom stereocenters. The van der Waals surface area contributed by atoms with E-state index in [9.17, 15) is 0 Å². The van der Waals surface area contributed by atoms with Crippen LogP contribution in [-0.4, -0.2) is 26.3 Å². The van der Waals surface area contributed by atoms with Gasteiger partial charge in [0, 0.05) is 18.7 Å². The maximum atomic E-state index is 5.65. The molecule has 102 valence electrons. The molecule has 0 aliphatic carbocycles. The molecule has 0 aliphatic heterocycles. The molecule has 6 nitrogen and oxygen atoms in total. The second kappa shape index (κ2) is 6.84. The summed E-state index contributed by atoms with van der Waals surface area (Å²) in [6, 6.07) is 3.83. The van der Waals surface area contributed by atoms with Crippen molar-refractivity contribution in [3.63, 3.8) is 0 Å². The van der Waals surface area contributed by atoms with Crippen LogP contribution in [0, 0.1) is 0 Å². The highest BCUT2D eigenvalue weighted by molar-refractivity contribution is 5.20. The topological polar surface area (TPSA) is 78.8 Å². The summed E-state index contributed by atoms with van der Waals surface area (Å²) in [6.45, 7) is 3.96. The summed E-state index contributed by atoms with van der Waals surface area (Å²) < 4.78 is 7.51. The zero-order valence-electron chi connectivity index (χ0n) is 11.1. The number of nitrogens with zero attached hydrogens (tertiary/aromatic N) is 4. The summed E-state index contributed by atoms with van der Waals surface area (Å²) in [6.07, 6.45) is 5.07. The third kappa shape index (κ3) is 3.75. The maximum Gasteiger partial charge on any atom is 0.164 e. The number of pyridine rings is 1. The number of aromatic nitrogens is 4. The van der Waals surface area contributed by atoms with Crippen LogP contribution in [0.5, 0.6) is 5.75 Å². The first kappa shape index (κ1) is 13.5. The Kier molecular flexibility index (Phi) is 4.85. The first-order valence-electron chi connectivity index (χ1n) is 6.48. The lowest BCUT2D eigenvalue weighted by Crippen LogP contribution is -2.09. The largest absolute Gasteiger partial charge is 0.484 e. The Morgan fingerprint density at radius 1 is 1.32 bits per heavy atom. The van der Waals surface area contributed by atoms with Gasteiger partial charge >= 0.3 is 0 Å². The third-order valence-corrected chi connectivity index (χ3v) is 2.70. The quantitative estimate of drug-likeness (QED) is 0.809. The predicted molar refractivity (Wildman–Crippen MR) is 71.6 cm³/mol. The number of hydrogen-bond acceptors (Lipinski definition) is 5. The third-order valence-electron chi connectivity index (χ3n) is 2.70. The highest BCUT2D eigenvalue weighted by atomic mass is 16.5. The maximum absolute atomic E-state index is 5.65. The van der Waals surface area contributed by atoms with Gasteiger partial charge in [-0.05, 0) is 25.1 Å². The van der Waals surface area contributed by atoms with Crippen LogP contribution in [0.2, 0.25) is 0 Å². The van der Waals surface area contributed by atoms with Gasteiger partial charge in [-0.2, -0.15) is 5.10 Å². The number of aryl methyl sites for hydroxylation is 1. The van der Waals surface area contributed by atoms with E-state index in [4.69, 9.17) is 10.5 Å². The van der Waals surface area contributed by atoms with Crippen LogP contribution in [0.4, 0.5) is 0 Å². The summed E-state index contributed by atoms with van der Waals surface area (Å²) in [4.78, 5) is 8.47. The molecule has 0 aliphatic rings. The molecule has 0 amide bonds. The van der Waals surface area contributed by atoms with E-state index in [1.54, 1.807) is 12.5 Å². The van der Waals surface area contributed by atoms with E-state index in [0.29, 0.717) is 13.2 Å². The number of hydrogen-bond donors (Lipinski definition) is 1. The van der Waals surface area contributed by atoms with E-state index in [0.717, 1.165) is 36.7 Å². The van der Waals surface area contributed by atoms with Gasteiger partial charge in [0.1, 0.15) is 18.7 Å². The fourth-order valence-corrected chi connectivity index (χ4v) is 1.74. The molecular formula is C13H19N5O. The Hall–Kier alpha value is -1.95. The minimum absolute atomic E-state index is 0.401. The molecule has 0 bridgehead atoms. The van der Waals surface area contributed by atoms with Crippen molar-refractivity contribution < 1.29 is 4.74 Å². The average molecular weight is 261 g/mol. The summed E-state index contributed by atoms with van der Waals surface area (Å²) in [5.41, 5.74) is 6.45. The van der Waals surface area contributed by atoms with Gasteiger partial charge in [0.25, 0.3) is 0 Å². The van der Waals surface area contributed by atoms with E-state index in [1.807, 2.05) is 16.8 Å². The second-order valence-electron chi connectivity index (χ2n) is 4.21. The second-order valence-corrected chi connectivity index (χ2v) is 4.21. The van der Waals surface area contributed by atoms with E-state index in [1.165, 1.54) is 0 Å². The molecule has 0 radical (unpaired) electrons. The highest BCUT2D eigenvalue weighted by Gasteiger charge is 2.04. The molecule has 2 heterocycles. The van der Waals surface area contributed by atoms with Gasteiger partial charge in [0.15, 0.2) is 5.82 Å². The van der Waals surface area contributed by atoms with Gasteiger partial charge in [0.05, 0.1) is 6.20 Å². The van der Waals surface area contributed by atoms with Crippen molar-refractivity contribution in [2.75, 3.05) is 6.54 Å². The van der Waals surface area contributed by atoms with E-state index < -0.39 is 0 Å². The Morgan fingerprint density at radius 2 is 2.21 bits per heavy atom. The first-order chi connectivity index (χ1) is 9.33. The zero-order valence-corrected chi connectivity index (χ0v) is 11.1. The monoisotopic (exact) mass is 261 g/mol. The fraction of sp³-hybridized carbons (Fsp3) is 0.462. The number of ether oxygens (including phenoxy) is 1. The lowest BCUT2D eigenvalue weighted by molar-refractivity contribution is 0.285. The Labute approximate surface area is 112 Å². The van der Waals surface area contributed by atoms with Crippen molar-refractivity contribution >= 4 is 0 Å². The van der Waals surface area contributed by atoms with E-state index in [2.05, 4.69) is 22.0 Å². The van der Waals surface area contributed by atoms with Crippen LogP contribution >= 0.6 is 0 Å². The minimum atomic E-state index is 0.401. The Bertz CT molecular complexity index is 494. The summed E-state index contributed by atoms with van der Waals surface area (Å²) in [7, 11) is 0. The minimum Gasteiger partial charge on any atom is -0.484 e. The van der Waals surface area contributed by atoms with Crippen molar-refractivity contribution in [1.29, 1.82) is 0 Å². The van der Waals surface area contributed by atoms with E-state index in [-0.39, 0.29) is 0 Å². The molecule has 2 N–H and O–H groups in total. The van der Waals surface area contributed by atoms with Gasteiger partial charge in [-0.3, -0.25) is 4.98 Å². The fourth-order valence-electron chi connectivity index (χ4n) is 1.74. The molecule has 0 fully saturated rings. The molecule has 19 heavy (non-hydrogen) atoms. The SMILES string of the molecule is CCCn1ncnc1COc1ccc(CCN)nc1. The predicted octanol–water partition coefficient (Wildman–Crippen LogP) is 1.16. The molecule has 2 rings (SSSR count). The van der Waals surface area contributed by atoms with Crippen molar-refractivity contribution in [1.82, 2.24) is 19.7 Å². The lowest BCUT2D eigenvalue weighted by Gasteiger charge is -2.07. The smallest absolute Gasteiger partial charge is 0.164 e. The van der Waals surface area contributed by atoms with Crippen molar-refractivity contribution in [2.24, 2.45) is 5.73 Å². The van der Waals surface area contributed by atoms with Gasteiger partial charge < -0.3 is 10.5 Å². The van der Waals surface area contributed by atoms with Crippen LogP contribution in [-0.2, 0) is 19.6 Å². The molecular weight excluding hydrogens is 242 g/mol. The Morgan fingerprint density at radius 3 is 2.89 bits per heavy atom. The summed E-state index contributed by atoms with van der Waals surface area (Å²) in [5.74, 6) is 1.56. The van der Waals surface area contributed by atoms with Crippen LogP contribution in [0.3, 0.4) is 0 Å². The van der Waals surface area contributed by atoms with Crippen molar-refractivity contribution in [3.05, 3.63) is 36.2 Å². The molecule has 0 spiro atoms. The molecule has 0 atom stereocenters. The van der Waals surface area contributed by atoms with Crippen LogP contribution in [0.25, 0.3) is 0 Å². The van der Waals surface area contributed by atoms with Crippen LogP contribution < -0.4 is 10.5 Å². The molecule has 0 aromatic carbocycles. The first-order valence-corrected chi connectivity index (χ1v) is 6.48. The van der Waals surface area contributed by atoms with Gasteiger partial charge in [0.2, 0.25) is 0 Å². The number of rotatable bonds is 7. The van der Waals surface area contributed by atoms with Crippen molar-refractivity contribution in [3.8, 4) is 5.75 Å². The molecule has 6 heteroatoms. The zero-order chi connectivity index (χ0) is 13.5. The summed E-state index contributed by atoms with van der Waals surface area (Å²) >= 11 is 0. The molecule has 2 aromatic heterocycles. The standard InChI is InChI=1S/C13H19N5O/c1-2-7-18-13(16-10-17-18)9-19-12-4-3-11(5-6-14)15-8-12/h3-4,8,10H,2,5-7,9,14H2,1H3. The highest BCUT2D eigenvalue weighted by Crippen LogP contribution is 2.11. The Balaban J connectivity index is 1.92. The molecule has 0 saturated heterocycles. The van der Waals surface area contributed by atoms with Crippen LogP contribution in [0.15, 0.2) is 24.7 Å². The van der Waals surface area contributed by atoms with Crippen molar-refractivity contribution in [2.45, 2.75) is 32.9 Å². The number of nitrogens with two attached hydrogens (primary N) is 1.